The molecular formula is C19H20FIN2O. The van der Waals surface area contributed by atoms with Gasteiger partial charge in [0.05, 0.1) is 5.92 Å². The van der Waals surface area contributed by atoms with Gasteiger partial charge in [0.1, 0.15) is 5.82 Å². The molecule has 0 bridgehead atoms. The zero-order chi connectivity index (χ0) is 16.9. The van der Waals surface area contributed by atoms with Crippen molar-refractivity contribution in [3.05, 3.63) is 63.5 Å². The number of likely N-dealkylation sites (tertiary alicyclic amines) is 1. The molecule has 2 aromatic rings. The number of carbonyl (C=O) groups excluding carboxylic acids is 1. The number of rotatable bonds is 4. The molecule has 1 N–H and O–H groups in total. The molecule has 3 nitrogen and oxygen atoms in total. The van der Waals surface area contributed by atoms with Crippen LogP contribution in [0, 0.1) is 15.3 Å². The summed E-state index contributed by atoms with van der Waals surface area (Å²) in [6, 6.07) is 14.4. The van der Waals surface area contributed by atoms with Gasteiger partial charge in [-0.3, -0.25) is 9.69 Å². The monoisotopic (exact) mass is 438 g/mol. The summed E-state index contributed by atoms with van der Waals surface area (Å²) in [5.74, 6) is -0.134. The Morgan fingerprint density at radius 1 is 1.17 bits per heavy atom. The molecule has 0 radical (unpaired) electrons. The van der Waals surface area contributed by atoms with Crippen LogP contribution >= 0.6 is 22.6 Å². The quantitative estimate of drug-likeness (QED) is 0.723. The van der Waals surface area contributed by atoms with Crippen molar-refractivity contribution in [2.45, 2.75) is 19.4 Å². The summed E-state index contributed by atoms with van der Waals surface area (Å²) in [5, 5.41) is 3.01. The SMILES string of the molecule is O=C(Nc1ccc(I)cc1)[C@H]1CCCN(Cc2ccc(F)cc2)C1. The summed E-state index contributed by atoms with van der Waals surface area (Å²) >= 11 is 2.25. The number of piperidine rings is 1. The molecule has 1 heterocycles. The minimum absolute atomic E-state index is 0.00141. The number of nitrogens with zero attached hydrogens (tertiary/aromatic N) is 1. The third kappa shape index (κ3) is 4.77. The molecule has 0 aromatic heterocycles. The maximum atomic E-state index is 13.0. The average Bonchev–Trinajstić information content (AvgIpc) is 2.59. The largest absolute Gasteiger partial charge is 0.326 e. The van der Waals surface area contributed by atoms with Crippen LogP contribution in [0.3, 0.4) is 0 Å². The highest BCUT2D eigenvalue weighted by Gasteiger charge is 2.25. The van der Waals surface area contributed by atoms with Crippen molar-refractivity contribution in [1.82, 2.24) is 4.90 Å². The van der Waals surface area contributed by atoms with Gasteiger partial charge in [-0.15, -0.1) is 0 Å². The Bertz CT molecular complexity index is 688. The maximum Gasteiger partial charge on any atom is 0.228 e. The van der Waals surface area contributed by atoms with Gasteiger partial charge in [0, 0.05) is 22.3 Å². The fraction of sp³-hybridized carbons (Fsp3) is 0.316. The molecule has 0 unspecified atom stereocenters. The molecule has 0 saturated carbocycles. The van der Waals surface area contributed by atoms with Gasteiger partial charge in [0.2, 0.25) is 5.91 Å². The van der Waals surface area contributed by atoms with Crippen LogP contribution < -0.4 is 5.32 Å². The van der Waals surface area contributed by atoms with Gasteiger partial charge in [0.25, 0.3) is 0 Å². The van der Waals surface area contributed by atoms with Crippen LogP contribution in [0.15, 0.2) is 48.5 Å². The van der Waals surface area contributed by atoms with Crippen molar-refractivity contribution in [1.29, 1.82) is 0 Å². The van der Waals surface area contributed by atoms with E-state index in [1.54, 1.807) is 0 Å². The zero-order valence-electron chi connectivity index (χ0n) is 13.3. The normalized spacial score (nSPS) is 18.3. The number of halogens is 2. The highest BCUT2D eigenvalue weighted by Crippen LogP contribution is 2.21. The molecule has 24 heavy (non-hydrogen) atoms. The van der Waals surface area contributed by atoms with E-state index in [1.807, 2.05) is 36.4 Å². The third-order valence-corrected chi connectivity index (χ3v) is 5.03. The fourth-order valence-corrected chi connectivity index (χ4v) is 3.40. The lowest BCUT2D eigenvalue weighted by molar-refractivity contribution is -0.121. The van der Waals surface area contributed by atoms with E-state index in [0.29, 0.717) is 0 Å². The second kappa shape index (κ2) is 8.07. The van der Waals surface area contributed by atoms with Gasteiger partial charge < -0.3 is 5.32 Å². The first-order valence-corrected chi connectivity index (χ1v) is 9.21. The van der Waals surface area contributed by atoms with Crippen LogP contribution in [0.5, 0.6) is 0 Å². The highest BCUT2D eigenvalue weighted by atomic mass is 127. The molecule has 5 heteroatoms. The minimum Gasteiger partial charge on any atom is -0.326 e. The van der Waals surface area contributed by atoms with E-state index in [-0.39, 0.29) is 17.6 Å². The Labute approximate surface area is 155 Å². The van der Waals surface area contributed by atoms with E-state index in [9.17, 15) is 9.18 Å². The van der Waals surface area contributed by atoms with Crippen LogP contribution in [0.2, 0.25) is 0 Å². The Morgan fingerprint density at radius 2 is 1.88 bits per heavy atom. The summed E-state index contributed by atoms with van der Waals surface area (Å²) < 4.78 is 14.1. The molecule has 2 aromatic carbocycles. The highest BCUT2D eigenvalue weighted by molar-refractivity contribution is 14.1. The van der Waals surface area contributed by atoms with E-state index in [0.717, 1.165) is 47.3 Å². The summed E-state index contributed by atoms with van der Waals surface area (Å²) in [5.41, 5.74) is 1.92. The number of hydrogen-bond donors (Lipinski definition) is 1. The third-order valence-electron chi connectivity index (χ3n) is 4.31. The fourth-order valence-electron chi connectivity index (χ4n) is 3.04. The lowest BCUT2D eigenvalue weighted by Crippen LogP contribution is -2.40. The number of anilines is 1. The maximum absolute atomic E-state index is 13.0. The van der Waals surface area contributed by atoms with Crippen LogP contribution in [-0.2, 0) is 11.3 Å². The molecule has 126 valence electrons. The second-order valence-electron chi connectivity index (χ2n) is 6.20. The summed E-state index contributed by atoms with van der Waals surface area (Å²) in [6.07, 6.45) is 1.92. The van der Waals surface area contributed by atoms with Gasteiger partial charge in [-0.25, -0.2) is 4.39 Å². The molecule has 0 spiro atoms. The summed E-state index contributed by atoms with van der Waals surface area (Å²) in [6.45, 7) is 2.48. The van der Waals surface area contributed by atoms with Crippen LogP contribution in [0.1, 0.15) is 18.4 Å². The predicted octanol–water partition coefficient (Wildman–Crippen LogP) is 4.28. The number of nitrogens with one attached hydrogen (secondary N) is 1. The van der Waals surface area contributed by atoms with Crippen molar-refractivity contribution in [3.63, 3.8) is 0 Å². The number of benzene rings is 2. The number of carbonyl (C=O) groups is 1. The smallest absolute Gasteiger partial charge is 0.228 e. The van der Waals surface area contributed by atoms with Gasteiger partial charge in [0.15, 0.2) is 0 Å². The first-order chi connectivity index (χ1) is 11.6. The van der Waals surface area contributed by atoms with Gasteiger partial charge >= 0.3 is 0 Å². The van der Waals surface area contributed by atoms with Gasteiger partial charge in [-0.1, -0.05) is 12.1 Å². The average molecular weight is 438 g/mol. The molecule has 1 aliphatic heterocycles. The Morgan fingerprint density at radius 3 is 2.58 bits per heavy atom. The van der Waals surface area contributed by atoms with Crippen molar-refractivity contribution >= 4 is 34.2 Å². The van der Waals surface area contributed by atoms with Crippen molar-refractivity contribution in [3.8, 4) is 0 Å². The Kier molecular flexibility index (Phi) is 5.84. The number of amides is 1. The van der Waals surface area contributed by atoms with Gasteiger partial charge in [-0.2, -0.15) is 0 Å². The first-order valence-electron chi connectivity index (χ1n) is 8.13. The van der Waals surface area contributed by atoms with Crippen LogP contribution in [0.25, 0.3) is 0 Å². The lowest BCUT2D eigenvalue weighted by Gasteiger charge is -2.32. The van der Waals surface area contributed by atoms with E-state index < -0.39 is 0 Å². The van der Waals surface area contributed by atoms with Crippen LogP contribution in [-0.4, -0.2) is 23.9 Å². The standard InChI is InChI=1S/C19H20FIN2O/c20-16-5-3-14(4-6-16)12-23-11-1-2-15(13-23)19(24)22-18-9-7-17(21)8-10-18/h3-10,15H,1-2,11-13H2,(H,22,24)/t15-/m0/s1. The van der Waals surface area contributed by atoms with Gasteiger partial charge in [-0.05, 0) is 83.9 Å². The second-order valence-corrected chi connectivity index (χ2v) is 7.44. The van der Waals surface area contributed by atoms with E-state index in [2.05, 4.69) is 32.8 Å². The van der Waals surface area contributed by atoms with Crippen LogP contribution in [0.4, 0.5) is 10.1 Å². The Hall–Kier alpha value is -1.47. The summed E-state index contributed by atoms with van der Waals surface area (Å²) in [4.78, 5) is 14.8. The van der Waals surface area contributed by atoms with Crippen molar-refractivity contribution in [2.75, 3.05) is 18.4 Å². The molecular weight excluding hydrogens is 418 g/mol. The van der Waals surface area contributed by atoms with Crippen molar-refractivity contribution in [2.24, 2.45) is 5.92 Å². The predicted molar refractivity (Wildman–Crippen MR) is 102 cm³/mol. The topological polar surface area (TPSA) is 32.3 Å². The molecule has 1 fully saturated rings. The zero-order valence-corrected chi connectivity index (χ0v) is 15.5. The van der Waals surface area contributed by atoms with E-state index in [1.165, 1.54) is 12.1 Å². The molecule has 1 atom stereocenters. The molecule has 0 aliphatic carbocycles. The molecule has 3 rings (SSSR count). The van der Waals surface area contributed by atoms with Crippen molar-refractivity contribution < 1.29 is 9.18 Å². The number of hydrogen-bond acceptors (Lipinski definition) is 2. The van der Waals surface area contributed by atoms with E-state index in [4.69, 9.17) is 0 Å². The van der Waals surface area contributed by atoms with E-state index >= 15 is 0 Å². The summed E-state index contributed by atoms with van der Waals surface area (Å²) in [7, 11) is 0. The first kappa shape index (κ1) is 17.4. The minimum atomic E-state index is -0.216. The molecule has 1 saturated heterocycles. The molecule has 1 amide bonds. The lowest BCUT2D eigenvalue weighted by atomic mass is 9.96. The molecule has 1 aliphatic rings. The Balaban J connectivity index is 1.57.